The monoisotopic (exact) mass is 357 g/mol. The van der Waals surface area contributed by atoms with Crippen LogP contribution in [0.4, 0.5) is 0 Å². The Morgan fingerprint density at radius 2 is 1.85 bits per heavy atom. The van der Waals surface area contributed by atoms with Crippen molar-refractivity contribution >= 4 is 11.6 Å². The molecule has 4 aromatic rings. The fraction of sp³-hybridized carbons (Fsp3) is 0.0909. The molecule has 134 valence electrons. The summed E-state index contributed by atoms with van der Waals surface area (Å²) in [5.41, 5.74) is 3.82. The van der Waals surface area contributed by atoms with Crippen molar-refractivity contribution < 1.29 is 9.53 Å². The van der Waals surface area contributed by atoms with Crippen LogP contribution >= 0.6 is 0 Å². The fourth-order valence-corrected chi connectivity index (χ4v) is 3.06. The molecule has 2 aromatic carbocycles. The van der Waals surface area contributed by atoms with Gasteiger partial charge in [0, 0.05) is 18.3 Å². The van der Waals surface area contributed by atoms with E-state index >= 15 is 0 Å². The van der Waals surface area contributed by atoms with Crippen molar-refractivity contribution in [1.82, 2.24) is 14.7 Å². The van der Waals surface area contributed by atoms with E-state index in [1.165, 1.54) is 0 Å². The van der Waals surface area contributed by atoms with E-state index in [4.69, 9.17) is 4.74 Å². The third-order valence-corrected chi connectivity index (χ3v) is 4.38. The second-order valence-corrected chi connectivity index (χ2v) is 6.14. The summed E-state index contributed by atoms with van der Waals surface area (Å²) in [5.74, 6) is 0.594. The van der Waals surface area contributed by atoms with Crippen molar-refractivity contribution in [1.29, 1.82) is 0 Å². The van der Waals surface area contributed by atoms with Crippen LogP contribution in [0.3, 0.4) is 0 Å². The molecule has 0 atom stereocenters. The van der Waals surface area contributed by atoms with E-state index in [-0.39, 0.29) is 5.91 Å². The van der Waals surface area contributed by atoms with Crippen LogP contribution in [-0.4, -0.2) is 22.4 Å². The lowest BCUT2D eigenvalue weighted by atomic mass is 10.1. The molecular weight excluding hydrogens is 338 g/mol. The maximum absolute atomic E-state index is 13.0. The minimum absolute atomic E-state index is 0.171. The number of aromatic nitrogens is 2. The van der Waals surface area contributed by atoms with Crippen LogP contribution in [-0.2, 0) is 6.54 Å². The van der Waals surface area contributed by atoms with Crippen molar-refractivity contribution in [2.75, 3.05) is 7.11 Å². The number of pyridine rings is 1. The van der Waals surface area contributed by atoms with Crippen LogP contribution in [0.15, 0.2) is 79.0 Å². The average Bonchev–Trinajstić information content (AvgIpc) is 3.12. The Balaban J connectivity index is 1.68. The fourth-order valence-electron chi connectivity index (χ4n) is 3.06. The Morgan fingerprint density at radius 3 is 2.67 bits per heavy atom. The molecule has 0 radical (unpaired) electrons. The van der Waals surface area contributed by atoms with Crippen LogP contribution in [0, 0.1) is 0 Å². The molecule has 2 heterocycles. The number of imidazole rings is 1. The molecule has 2 aromatic heterocycles. The molecule has 0 aliphatic carbocycles. The smallest absolute Gasteiger partial charge is 0.270 e. The molecule has 0 aliphatic rings. The highest BCUT2D eigenvalue weighted by molar-refractivity contribution is 5.99. The minimum Gasteiger partial charge on any atom is -0.497 e. The molecule has 5 heteroatoms. The van der Waals surface area contributed by atoms with Gasteiger partial charge in [0.25, 0.3) is 5.91 Å². The van der Waals surface area contributed by atoms with Gasteiger partial charge in [-0.15, -0.1) is 0 Å². The number of nitrogens with zero attached hydrogens (tertiary/aromatic N) is 2. The molecule has 5 nitrogen and oxygen atoms in total. The van der Waals surface area contributed by atoms with Crippen LogP contribution in [0.2, 0.25) is 0 Å². The summed E-state index contributed by atoms with van der Waals surface area (Å²) < 4.78 is 7.06. The molecule has 0 spiro atoms. The number of fused-ring (bicyclic) bond motifs is 1. The van der Waals surface area contributed by atoms with Crippen LogP contribution in [0.1, 0.15) is 16.1 Å². The number of carbonyl (C=O) groups is 1. The van der Waals surface area contributed by atoms with Gasteiger partial charge in [-0.2, -0.15) is 0 Å². The molecule has 0 saturated carbocycles. The van der Waals surface area contributed by atoms with Gasteiger partial charge in [0.15, 0.2) is 0 Å². The molecule has 0 saturated heterocycles. The number of rotatable bonds is 5. The van der Waals surface area contributed by atoms with Crippen molar-refractivity contribution in [2.45, 2.75) is 6.54 Å². The predicted molar refractivity (Wildman–Crippen MR) is 105 cm³/mol. The first kappa shape index (κ1) is 16.8. The number of methoxy groups -OCH3 is 1. The maximum Gasteiger partial charge on any atom is 0.270 e. The molecule has 0 bridgehead atoms. The van der Waals surface area contributed by atoms with E-state index in [1.807, 2.05) is 83.4 Å². The predicted octanol–water partition coefficient (Wildman–Crippen LogP) is 3.94. The first-order valence-electron chi connectivity index (χ1n) is 8.70. The van der Waals surface area contributed by atoms with E-state index < -0.39 is 0 Å². The van der Waals surface area contributed by atoms with E-state index in [1.54, 1.807) is 7.11 Å². The van der Waals surface area contributed by atoms with Gasteiger partial charge in [-0.05, 0) is 29.8 Å². The minimum atomic E-state index is -0.171. The Labute approximate surface area is 157 Å². The summed E-state index contributed by atoms with van der Waals surface area (Å²) >= 11 is 0. The van der Waals surface area contributed by atoms with Crippen LogP contribution < -0.4 is 10.1 Å². The van der Waals surface area contributed by atoms with Crippen molar-refractivity contribution in [3.8, 4) is 17.0 Å². The largest absolute Gasteiger partial charge is 0.497 e. The van der Waals surface area contributed by atoms with E-state index in [9.17, 15) is 4.79 Å². The van der Waals surface area contributed by atoms with E-state index in [2.05, 4.69) is 10.3 Å². The van der Waals surface area contributed by atoms with E-state index in [0.717, 1.165) is 22.5 Å². The number of hydrogen-bond acceptors (Lipinski definition) is 3. The summed E-state index contributed by atoms with van der Waals surface area (Å²) in [6.07, 6.45) is 1.86. The Bertz CT molecular complexity index is 1090. The zero-order valence-electron chi connectivity index (χ0n) is 14.9. The second kappa shape index (κ2) is 7.33. The first-order chi connectivity index (χ1) is 13.3. The van der Waals surface area contributed by atoms with Gasteiger partial charge in [-0.25, -0.2) is 4.98 Å². The van der Waals surface area contributed by atoms with Crippen molar-refractivity contribution in [3.05, 3.63) is 90.3 Å². The molecular formula is C22H19N3O2. The van der Waals surface area contributed by atoms with Gasteiger partial charge in [0.05, 0.1) is 7.11 Å². The lowest BCUT2D eigenvalue weighted by molar-refractivity contribution is 0.0945. The molecule has 0 aliphatic heterocycles. The third-order valence-electron chi connectivity index (χ3n) is 4.38. The summed E-state index contributed by atoms with van der Waals surface area (Å²) in [5, 5.41) is 3.00. The van der Waals surface area contributed by atoms with Crippen LogP contribution in [0.25, 0.3) is 16.9 Å². The van der Waals surface area contributed by atoms with Gasteiger partial charge in [-0.3, -0.25) is 9.20 Å². The number of amides is 1. The topological polar surface area (TPSA) is 55.6 Å². The Hall–Kier alpha value is -3.60. The van der Waals surface area contributed by atoms with Gasteiger partial charge >= 0.3 is 0 Å². The summed E-state index contributed by atoms with van der Waals surface area (Å²) in [7, 11) is 1.63. The van der Waals surface area contributed by atoms with Crippen molar-refractivity contribution in [2.24, 2.45) is 0 Å². The third kappa shape index (κ3) is 3.40. The number of benzene rings is 2. The zero-order chi connectivity index (χ0) is 18.6. The normalized spacial score (nSPS) is 10.7. The number of hydrogen-bond donors (Lipinski definition) is 1. The van der Waals surface area contributed by atoms with E-state index in [0.29, 0.717) is 17.9 Å². The first-order valence-corrected chi connectivity index (χ1v) is 8.70. The number of nitrogens with one attached hydrogen (secondary N) is 1. The summed E-state index contributed by atoms with van der Waals surface area (Å²) in [6.45, 7) is 0.407. The molecule has 0 fully saturated rings. The van der Waals surface area contributed by atoms with Crippen LogP contribution in [0.5, 0.6) is 5.75 Å². The zero-order valence-corrected chi connectivity index (χ0v) is 14.9. The SMILES string of the molecule is COc1cccc(CNC(=O)c2c(-c3ccccc3)nc3ccccn23)c1. The highest BCUT2D eigenvalue weighted by Gasteiger charge is 2.20. The van der Waals surface area contributed by atoms with Crippen molar-refractivity contribution in [3.63, 3.8) is 0 Å². The number of ether oxygens (including phenoxy) is 1. The van der Waals surface area contributed by atoms with Gasteiger partial charge in [-0.1, -0.05) is 48.5 Å². The Kier molecular flexibility index (Phi) is 4.58. The molecule has 1 N–H and O–H groups in total. The molecule has 1 amide bonds. The second-order valence-electron chi connectivity index (χ2n) is 6.14. The number of carbonyl (C=O) groups excluding carboxylic acids is 1. The maximum atomic E-state index is 13.0. The highest BCUT2D eigenvalue weighted by Crippen LogP contribution is 2.24. The van der Waals surface area contributed by atoms with Gasteiger partial charge in [0.1, 0.15) is 22.8 Å². The standard InChI is InChI=1S/C22H19N3O2/c1-27-18-11-7-8-16(14-18)15-23-22(26)21-20(17-9-3-2-4-10-17)24-19-12-5-6-13-25(19)21/h2-14H,15H2,1H3,(H,23,26). The Morgan fingerprint density at radius 1 is 1.04 bits per heavy atom. The molecule has 27 heavy (non-hydrogen) atoms. The van der Waals surface area contributed by atoms with Gasteiger partial charge in [0.2, 0.25) is 0 Å². The average molecular weight is 357 g/mol. The summed E-state index contributed by atoms with van der Waals surface area (Å²) in [6, 6.07) is 23.1. The van der Waals surface area contributed by atoms with Gasteiger partial charge < -0.3 is 10.1 Å². The molecule has 4 rings (SSSR count). The highest BCUT2D eigenvalue weighted by atomic mass is 16.5. The lowest BCUT2D eigenvalue weighted by Crippen LogP contribution is -2.24. The molecule has 0 unspecified atom stereocenters. The quantitative estimate of drug-likeness (QED) is 0.589. The lowest BCUT2D eigenvalue weighted by Gasteiger charge is -2.08. The summed E-state index contributed by atoms with van der Waals surface area (Å²) in [4.78, 5) is 17.7.